The van der Waals surface area contributed by atoms with Crippen LogP contribution in [0.2, 0.25) is 0 Å². The first kappa shape index (κ1) is 14.0. The van der Waals surface area contributed by atoms with Crippen LogP contribution in [-0.2, 0) is 19.1 Å². The third-order valence-corrected chi connectivity index (χ3v) is 2.92. The van der Waals surface area contributed by atoms with Crippen LogP contribution >= 0.6 is 0 Å². The van der Waals surface area contributed by atoms with Crippen molar-refractivity contribution in [2.24, 2.45) is 4.99 Å². The molecule has 0 amide bonds. The molecule has 1 aromatic rings. The lowest BCUT2D eigenvalue weighted by molar-refractivity contribution is -0.156. The largest absolute Gasteiger partial charge is 0.497 e. The molecule has 1 unspecified atom stereocenters. The number of benzene rings is 1. The summed E-state index contributed by atoms with van der Waals surface area (Å²) < 4.78 is 15.0. The smallest absolute Gasteiger partial charge is 0.352 e. The monoisotopic (exact) mass is 277 g/mol. The summed E-state index contributed by atoms with van der Waals surface area (Å²) in [6.45, 7) is 3.22. The lowest BCUT2D eigenvalue weighted by atomic mass is 10.1. The molecule has 106 valence electrons. The summed E-state index contributed by atoms with van der Waals surface area (Å²) in [5.41, 5.74) is -1.04. The van der Waals surface area contributed by atoms with Gasteiger partial charge >= 0.3 is 11.9 Å². The Morgan fingerprint density at radius 2 is 2.00 bits per heavy atom. The molecule has 1 heterocycles. The molecule has 0 saturated heterocycles. The fourth-order valence-corrected chi connectivity index (χ4v) is 1.72. The zero-order chi connectivity index (χ0) is 14.8. The molecule has 0 N–H and O–H groups in total. The molecule has 6 nitrogen and oxygen atoms in total. The SMILES string of the molecule is CCOC(=O)C1(C)N=C(c2ccc(OC)cc2)OC1=O. The van der Waals surface area contributed by atoms with Gasteiger partial charge in [-0.05, 0) is 38.1 Å². The number of carbonyl (C=O) groups is 2. The molecule has 0 saturated carbocycles. The maximum absolute atomic E-state index is 11.9. The molecule has 2 rings (SSSR count). The molecule has 0 spiro atoms. The predicted molar refractivity (Wildman–Crippen MR) is 70.7 cm³/mol. The van der Waals surface area contributed by atoms with E-state index in [1.807, 2.05) is 0 Å². The first-order valence-electron chi connectivity index (χ1n) is 6.15. The normalized spacial score (nSPS) is 21.1. The van der Waals surface area contributed by atoms with Gasteiger partial charge in [0.15, 0.2) is 0 Å². The fourth-order valence-electron chi connectivity index (χ4n) is 1.72. The number of hydrogen-bond acceptors (Lipinski definition) is 6. The summed E-state index contributed by atoms with van der Waals surface area (Å²) in [6, 6.07) is 6.82. The molecule has 0 fully saturated rings. The number of esters is 2. The van der Waals surface area contributed by atoms with E-state index in [2.05, 4.69) is 4.99 Å². The van der Waals surface area contributed by atoms with Crippen molar-refractivity contribution in [2.75, 3.05) is 13.7 Å². The minimum atomic E-state index is -1.63. The number of methoxy groups -OCH3 is 1. The van der Waals surface area contributed by atoms with E-state index in [-0.39, 0.29) is 12.5 Å². The lowest BCUT2D eigenvalue weighted by Gasteiger charge is -2.13. The summed E-state index contributed by atoms with van der Waals surface area (Å²) in [5.74, 6) is -0.671. The Labute approximate surface area is 116 Å². The lowest BCUT2D eigenvalue weighted by Crippen LogP contribution is -2.40. The van der Waals surface area contributed by atoms with Gasteiger partial charge in [-0.2, -0.15) is 0 Å². The Morgan fingerprint density at radius 1 is 1.35 bits per heavy atom. The Bertz CT molecular complexity index is 563. The van der Waals surface area contributed by atoms with Crippen molar-refractivity contribution < 1.29 is 23.8 Å². The van der Waals surface area contributed by atoms with Crippen LogP contribution in [0.15, 0.2) is 29.3 Å². The summed E-state index contributed by atoms with van der Waals surface area (Å²) in [7, 11) is 1.56. The third-order valence-electron chi connectivity index (χ3n) is 2.92. The quantitative estimate of drug-likeness (QED) is 0.613. The van der Waals surface area contributed by atoms with Crippen molar-refractivity contribution in [3.05, 3.63) is 29.8 Å². The van der Waals surface area contributed by atoms with Gasteiger partial charge in [0.25, 0.3) is 5.54 Å². The fraction of sp³-hybridized carbons (Fsp3) is 0.357. The minimum absolute atomic E-state index is 0.105. The molecule has 1 aromatic carbocycles. The van der Waals surface area contributed by atoms with Gasteiger partial charge in [-0.1, -0.05) is 0 Å². The van der Waals surface area contributed by atoms with Gasteiger partial charge in [0.05, 0.1) is 13.7 Å². The van der Waals surface area contributed by atoms with Crippen LogP contribution in [0, 0.1) is 0 Å². The maximum Gasteiger partial charge on any atom is 0.352 e. The van der Waals surface area contributed by atoms with Crippen LogP contribution in [0.3, 0.4) is 0 Å². The van der Waals surface area contributed by atoms with Gasteiger partial charge in [-0.25, -0.2) is 14.6 Å². The van der Waals surface area contributed by atoms with E-state index in [4.69, 9.17) is 14.2 Å². The molecule has 0 aliphatic carbocycles. The van der Waals surface area contributed by atoms with Gasteiger partial charge in [0.1, 0.15) is 5.75 Å². The minimum Gasteiger partial charge on any atom is -0.497 e. The average Bonchev–Trinajstić information content (AvgIpc) is 2.76. The maximum atomic E-state index is 11.9. The van der Waals surface area contributed by atoms with E-state index in [1.165, 1.54) is 6.92 Å². The summed E-state index contributed by atoms with van der Waals surface area (Å²) in [4.78, 5) is 27.7. The summed E-state index contributed by atoms with van der Waals surface area (Å²) in [5, 5.41) is 0. The summed E-state index contributed by atoms with van der Waals surface area (Å²) >= 11 is 0. The van der Waals surface area contributed by atoms with E-state index in [0.717, 1.165) is 0 Å². The Balaban J connectivity index is 2.29. The van der Waals surface area contributed by atoms with E-state index >= 15 is 0 Å². The van der Waals surface area contributed by atoms with E-state index in [9.17, 15) is 9.59 Å². The molecule has 1 aliphatic rings. The highest BCUT2D eigenvalue weighted by atomic mass is 16.6. The Kier molecular flexibility index (Phi) is 3.74. The van der Waals surface area contributed by atoms with Crippen LogP contribution < -0.4 is 4.74 Å². The number of aliphatic imine (C=N–C) groups is 1. The van der Waals surface area contributed by atoms with Crippen molar-refractivity contribution in [1.29, 1.82) is 0 Å². The Hall–Kier alpha value is -2.37. The number of cyclic esters (lactones) is 1. The third kappa shape index (κ3) is 2.36. The van der Waals surface area contributed by atoms with Gasteiger partial charge < -0.3 is 14.2 Å². The zero-order valence-corrected chi connectivity index (χ0v) is 11.5. The topological polar surface area (TPSA) is 74.2 Å². The number of hydrogen-bond donors (Lipinski definition) is 0. The van der Waals surface area contributed by atoms with E-state index in [1.54, 1.807) is 38.3 Å². The Morgan fingerprint density at radius 3 is 2.55 bits per heavy atom. The number of rotatable bonds is 4. The van der Waals surface area contributed by atoms with Crippen molar-refractivity contribution in [1.82, 2.24) is 0 Å². The first-order chi connectivity index (χ1) is 9.51. The van der Waals surface area contributed by atoms with Crippen LogP contribution in [0.5, 0.6) is 5.75 Å². The molecule has 1 aliphatic heterocycles. The molecule has 1 atom stereocenters. The molecular weight excluding hydrogens is 262 g/mol. The summed E-state index contributed by atoms with van der Waals surface area (Å²) in [6.07, 6.45) is 0. The second kappa shape index (κ2) is 5.32. The van der Waals surface area contributed by atoms with Crippen LogP contribution in [0.25, 0.3) is 0 Å². The van der Waals surface area contributed by atoms with Crippen molar-refractivity contribution in [3.8, 4) is 5.75 Å². The molecule has 0 bridgehead atoms. The van der Waals surface area contributed by atoms with Crippen LogP contribution in [-0.4, -0.2) is 37.1 Å². The second-order valence-electron chi connectivity index (χ2n) is 4.33. The molecule has 20 heavy (non-hydrogen) atoms. The van der Waals surface area contributed by atoms with Crippen molar-refractivity contribution in [2.45, 2.75) is 19.4 Å². The number of ether oxygens (including phenoxy) is 3. The number of carbonyl (C=O) groups excluding carboxylic acids is 2. The average molecular weight is 277 g/mol. The molecule has 0 aromatic heterocycles. The van der Waals surface area contributed by atoms with Gasteiger partial charge in [0, 0.05) is 5.56 Å². The van der Waals surface area contributed by atoms with Gasteiger partial charge in [-0.3, -0.25) is 0 Å². The van der Waals surface area contributed by atoms with Crippen LogP contribution in [0.1, 0.15) is 19.4 Å². The van der Waals surface area contributed by atoms with E-state index < -0.39 is 17.5 Å². The molecular formula is C14H15NO5. The predicted octanol–water partition coefficient (Wildman–Crippen LogP) is 1.32. The van der Waals surface area contributed by atoms with Crippen molar-refractivity contribution >= 4 is 17.8 Å². The van der Waals surface area contributed by atoms with E-state index in [0.29, 0.717) is 11.3 Å². The highest BCUT2D eigenvalue weighted by Gasteiger charge is 2.50. The van der Waals surface area contributed by atoms with Gasteiger partial charge in [-0.15, -0.1) is 0 Å². The first-order valence-corrected chi connectivity index (χ1v) is 6.15. The standard InChI is InChI=1S/C14H15NO5/c1-4-19-12(16)14(2)13(17)20-11(15-14)9-5-7-10(18-3)8-6-9/h5-8H,4H2,1-3H3. The second-order valence-corrected chi connectivity index (χ2v) is 4.33. The molecule has 0 radical (unpaired) electrons. The van der Waals surface area contributed by atoms with Crippen molar-refractivity contribution in [3.63, 3.8) is 0 Å². The number of nitrogens with zero attached hydrogens (tertiary/aromatic N) is 1. The molecule has 6 heteroatoms. The highest BCUT2D eigenvalue weighted by molar-refractivity contribution is 6.16. The van der Waals surface area contributed by atoms with Crippen LogP contribution in [0.4, 0.5) is 0 Å². The highest BCUT2D eigenvalue weighted by Crippen LogP contribution is 2.25. The van der Waals surface area contributed by atoms with Gasteiger partial charge in [0.2, 0.25) is 5.90 Å². The zero-order valence-electron chi connectivity index (χ0n) is 11.5.